The molecule has 0 atom stereocenters. The summed E-state index contributed by atoms with van der Waals surface area (Å²) in [5.74, 6) is 1.64. The number of nitrogens with one attached hydrogen (secondary N) is 1. The average Bonchev–Trinajstić information content (AvgIpc) is 2.34. The SMILES string of the molecule is CCC1CCC(Cn2ccc(=O)[nH]c2=S)CC1. The Balaban J connectivity index is 1.98. The standard InChI is InChI=1S/C13H20N2OS/c1-2-10-3-5-11(6-4-10)9-15-8-7-12(16)14-13(15)17/h7-8,10-11H,2-6,9H2,1H3,(H,14,16,17). The molecule has 0 spiro atoms. The fourth-order valence-electron chi connectivity index (χ4n) is 2.69. The van der Waals surface area contributed by atoms with E-state index in [1.165, 1.54) is 32.1 Å². The minimum absolute atomic E-state index is 0.110. The summed E-state index contributed by atoms with van der Waals surface area (Å²) >= 11 is 5.16. The smallest absolute Gasteiger partial charge is 0.251 e. The molecule has 17 heavy (non-hydrogen) atoms. The lowest BCUT2D eigenvalue weighted by molar-refractivity contribution is 0.246. The molecule has 1 aliphatic carbocycles. The third kappa shape index (κ3) is 3.28. The summed E-state index contributed by atoms with van der Waals surface area (Å²) in [4.78, 5) is 13.8. The molecule has 3 nitrogen and oxygen atoms in total. The summed E-state index contributed by atoms with van der Waals surface area (Å²) in [5.41, 5.74) is -0.110. The fourth-order valence-corrected chi connectivity index (χ4v) is 2.92. The molecule has 0 bridgehead atoms. The van der Waals surface area contributed by atoms with Crippen LogP contribution in [0.25, 0.3) is 0 Å². The second-order valence-corrected chi connectivity index (χ2v) is 5.44. The Morgan fingerprint density at radius 2 is 2.00 bits per heavy atom. The Labute approximate surface area is 107 Å². The van der Waals surface area contributed by atoms with E-state index < -0.39 is 0 Å². The highest BCUT2D eigenvalue weighted by atomic mass is 32.1. The zero-order valence-corrected chi connectivity index (χ0v) is 11.1. The molecule has 0 unspecified atom stereocenters. The zero-order chi connectivity index (χ0) is 12.3. The fraction of sp³-hybridized carbons (Fsp3) is 0.692. The molecule has 0 saturated heterocycles. The van der Waals surface area contributed by atoms with Crippen molar-refractivity contribution in [2.45, 2.75) is 45.6 Å². The van der Waals surface area contributed by atoms with Gasteiger partial charge in [-0.05, 0) is 36.9 Å². The second kappa shape index (κ2) is 5.63. The number of rotatable bonds is 3. The Kier molecular flexibility index (Phi) is 4.15. The largest absolute Gasteiger partial charge is 0.325 e. The third-order valence-corrected chi connectivity index (χ3v) is 4.23. The number of nitrogens with zero attached hydrogens (tertiary/aromatic N) is 1. The monoisotopic (exact) mass is 252 g/mol. The zero-order valence-electron chi connectivity index (χ0n) is 10.3. The quantitative estimate of drug-likeness (QED) is 0.839. The van der Waals surface area contributed by atoms with Gasteiger partial charge in [-0.15, -0.1) is 0 Å². The maximum absolute atomic E-state index is 11.1. The lowest BCUT2D eigenvalue weighted by Crippen LogP contribution is -2.20. The molecular formula is C13H20N2OS. The van der Waals surface area contributed by atoms with Crippen LogP contribution < -0.4 is 5.56 Å². The molecule has 0 amide bonds. The first-order chi connectivity index (χ1) is 8.19. The van der Waals surface area contributed by atoms with E-state index in [1.54, 1.807) is 6.07 Å². The van der Waals surface area contributed by atoms with Gasteiger partial charge >= 0.3 is 0 Å². The first kappa shape index (κ1) is 12.6. The van der Waals surface area contributed by atoms with Crippen LogP contribution in [0.2, 0.25) is 0 Å². The number of hydrogen-bond donors (Lipinski definition) is 1. The Hall–Kier alpha value is -0.900. The molecule has 1 aromatic heterocycles. The van der Waals surface area contributed by atoms with Gasteiger partial charge in [-0.1, -0.05) is 26.2 Å². The topological polar surface area (TPSA) is 37.8 Å². The van der Waals surface area contributed by atoms with E-state index in [0.717, 1.165) is 18.4 Å². The van der Waals surface area contributed by atoms with Crippen molar-refractivity contribution in [3.8, 4) is 0 Å². The van der Waals surface area contributed by atoms with Crippen molar-refractivity contribution in [2.24, 2.45) is 11.8 Å². The molecule has 1 aliphatic rings. The Morgan fingerprint density at radius 1 is 1.35 bits per heavy atom. The van der Waals surface area contributed by atoms with Crippen LogP contribution in [-0.4, -0.2) is 9.55 Å². The lowest BCUT2D eigenvalue weighted by Gasteiger charge is -2.28. The third-order valence-electron chi connectivity index (χ3n) is 3.90. The molecule has 1 fully saturated rings. The van der Waals surface area contributed by atoms with E-state index in [2.05, 4.69) is 11.9 Å². The molecule has 1 saturated carbocycles. The van der Waals surface area contributed by atoms with Gasteiger partial charge in [-0.2, -0.15) is 0 Å². The lowest BCUT2D eigenvalue weighted by atomic mass is 9.81. The Morgan fingerprint density at radius 3 is 2.59 bits per heavy atom. The van der Waals surface area contributed by atoms with E-state index in [0.29, 0.717) is 4.77 Å². The van der Waals surface area contributed by atoms with Gasteiger partial charge in [-0.3, -0.25) is 9.78 Å². The van der Waals surface area contributed by atoms with E-state index in [1.807, 2.05) is 10.8 Å². The molecular weight excluding hydrogens is 232 g/mol. The van der Waals surface area contributed by atoms with Crippen LogP contribution in [0.3, 0.4) is 0 Å². The molecule has 94 valence electrons. The van der Waals surface area contributed by atoms with Crippen LogP contribution in [0, 0.1) is 16.6 Å². The van der Waals surface area contributed by atoms with Crippen LogP contribution in [0.5, 0.6) is 0 Å². The van der Waals surface area contributed by atoms with Crippen molar-refractivity contribution in [2.75, 3.05) is 0 Å². The van der Waals surface area contributed by atoms with Gasteiger partial charge in [0.2, 0.25) is 0 Å². The van der Waals surface area contributed by atoms with Crippen molar-refractivity contribution in [1.29, 1.82) is 0 Å². The molecule has 2 rings (SSSR count). The second-order valence-electron chi connectivity index (χ2n) is 5.06. The van der Waals surface area contributed by atoms with E-state index >= 15 is 0 Å². The van der Waals surface area contributed by atoms with Crippen molar-refractivity contribution in [3.05, 3.63) is 27.4 Å². The molecule has 0 aliphatic heterocycles. The molecule has 4 heteroatoms. The van der Waals surface area contributed by atoms with E-state index in [-0.39, 0.29) is 5.56 Å². The molecule has 1 aromatic rings. The summed E-state index contributed by atoms with van der Waals surface area (Å²) in [6.07, 6.45) is 8.40. The Bertz CT molecular complexity index is 469. The van der Waals surface area contributed by atoms with Crippen LogP contribution in [0.4, 0.5) is 0 Å². The van der Waals surface area contributed by atoms with Gasteiger partial charge < -0.3 is 4.57 Å². The number of aromatic nitrogens is 2. The maximum Gasteiger partial charge on any atom is 0.251 e. The van der Waals surface area contributed by atoms with Crippen LogP contribution in [-0.2, 0) is 6.54 Å². The number of aromatic amines is 1. The first-order valence-electron chi connectivity index (χ1n) is 6.48. The van der Waals surface area contributed by atoms with Crippen LogP contribution in [0.1, 0.15) is 39.0 Å². The normalized spacial score (nSPS) is 24.8. The molecule has 1 heterocycles. The maximum atomic E-state index is 11.1. The van der Waals surface area contributed by atoms with Gasteiger partial charge in [0.15, 0.2) is 4.77 Å². The molecule has 0 aromatic carbocycles. The summed E-state index contributed by atoms with van der Waals surface area (Å²) in [6, 6.07) is 1.55. The van der Waals surface area contributed by atoms with Crippen LogP contribution in [0.15, 0.2) is 17.1 Å². The number of H-pyrrole nitrogens is 1. The van der Waals surface area contributed by atoms with Crippen molar-refractivity contribution in [3.63, 3.8) is 0 Å². The van der Waals surface area contributed by atoms with Crippen LogP contribution >= 0.6 is 12.2 Å². The van der Waals surface area contributed by atoms with E-state index in [9.17, 15) is 4.79 Å². The van der Waals surface area contributed by atoms with Gasteiger partial charge in [0, 0.05) is 18.8 Å². The highest BCUT2D eigenvalue weighted by Gasteiger charge is 2.20. The van der Waals surface area contributed by atoms with Crippen molar-refractivity contribution < 1.29 is 0 Å². The minimum atomic E-state index is -0.110. The summed E-state index contributed by atoms with van der Waals surface area (Å²) < 4.78 is 2.54. The van der Waals surface area contributed by atoms with Gasteiger partial charge in [-0.25, -0.2) is 0 Å². The molecule has 0 radical (unpaired) electrons. The van der Waals surface area contributed by atoms with Gasteiger partial charge in [0.1, 0.15) is 0 Å². The predicted octanol–water partition coefficient (Wildman–Crippen LogP) is 3.12. The van der Waals surface area contributed by atoms with Gasteiger partial charge in [0.05, 0.1) is 0 Å². The van der Waals surface area contributed by atoms with Crippen molar-refractivity contribution >= 4 is 12.2 Å². The minimum Gasteiger partial charge on any atom is -0.325 e. The predicted molar refractivity (Wildman–Crippen MR) is 71.6 cm³/mol. The average molecular weight is 252 g/mol. The summed E-state index contributed by atoms with van der Waals surface area (Å²) in [5, 5.41) is 0. The number of hydrogen-bond acceptors (Lipinski definition) is 2. The summed E-state index contributed by atoms with van der Waals surface area (Å²) in [6.45, 7) is 3.23. The van der Waals surface area contributed by atoms with Gasteiger partial charge in [0.25, 0.3) is 5.56 Å². The first-order valence-corrected chi connectivity index (χ1v) is 6.89. The van der Waals surface area contributed by atoms with E-state index in [4.69, 9.17) is 12.2 Å². The highest BCUT2D eigenvalue weighted by Crippen LogP contribution is 2.31. The van der Waals surface area contributed by atoms with Crippen molar-refractivity contribution in [1.82, 2.24) is 9.55 Å². The highest BCUT2D eigenvalue weighted by molar-refractivity contribution is 7.71. The summed E-state index contributed by atoms with van der Waals surface area (Å²) in [7, 11) is 0. The molecule has 1 N–H and O–H groups in total.